The number of anilines is 1. The van der Waals surface area contributed by atoms with Gasteiger partial charge in [-0.05, 0) is 49.4 Å². The predicted molar refractivity (Wildman–Crippen MR) is 123 cm³/mol. The Hall–Kier alpha value is -1.27. The van der Waals surface area contributed by atoms with Crippen LogP contribution in [0.5, 0.6) is 11.5 Å². The highest BCUT2D eigenvalue weighted by molar-refractivity contribution is 7.99. The van der Waals surface area contributed by atoms with Crippen LogP contribution >= 0.6 is 35.0 Å². The van der Waals surface area contributed by atoms with Crippen molar-refractivity contribution in [3.8, 4) is 11.5 Å². The van der Waals surface area contributed by atoms with E-state index in [0.717, 1.165) is 77.0 Å². The Morgan fingerprint density at radius 1 is 0.862 bits per heavy atom. The third kappa shape index (κ3) is 5.26. The molecule has 0 spiro atoms. The maximum Gasteiger partial charge on any atom is 0.184 e. The molecule has 0 unspecified atom stereocenters. The molecule has 2 aliphatic rings. The van der Waals surface area contributed by atoms with Crippen LogP contribution in [0, 0.1) is 0 Å². The molecular formula is C22H26Cl2N2O2S. The van der Waals surface area contributed by atoms with E-state index in [2.05, 4.69) is 21.9 Å². The molecule has 4 rings (SSSR count). The minimum atomic E-state index is 0.626. The SMILES string of the molecule is Clc1cccc(Cl)c1SCCCCN1CCN(c2cccc3c2OCCO3)CC1. The van der Waals surface area contributed by atoms with Crippen LogP contribution in [0.4, 0.5) is 5.69 Å². The van der Waals surface area contributed by atoms with Crippen LogP contribution in [0.2, 0.25) is 10.0 Å². The van der Waals surface area contributed by atoms with Crippen LogP contribution in [-0.2, 0) is 0 Å². The average molecular weight is 453 g/mol. The molecule has 0 aliphatic carbocycles. The fraction of sp³-hybridized carbons (Fsp3) is 0.455. The van der Waals surface area contributed by atoms with E-state index in [1.54, 1.807) is 11.8 Å². The summed E-state index contributed by atoms with van der Waals surface area (Å²) in [5.41, 5.74) is 1.16. The third-order valence-corrected chi connectivity index (χ3v) is 7.37. The van der Waals surface area contributed by atoms with E-state index in [1.807, 2.05) is 24.3 Å². The molecule has 0 amide bonds. The number of halogens is 2. The van der Waals surface area contributed by atoms with Crippen LogP contribution < -0.4 is 14.4 Å². The molecule has 0 radical (unpaired) electrons. The Morgan fingerprint density at radius 2 is 1.59 bits per heavy atom. The minimum Gasteiger partial charge on any atom is -0.486 e. The number of rotatable bonds is 7. The first-order chi connectivity index (χ1) is 14.2. The van der Waals surface area contributed by atoms with Gasteiger partial charge in [0.05, 0.1) is 15.7 Å². The lowest BCUT2D eigenvalue weighted by Gasteiger charge is -2.37. The summed E-state index contributed by atoms with van der Waals surface area (Å²) >= 11 is 14.2. The van der Waals surface area contributed by atoms with Gasteiger partial charge in [0, 0.05) is 31.1 Å². The zero-order valence-electron chi connectivity index (χ0n) is 16.4. The maximum absolute atomic E-state index is 6.24. The van der Waals surface area contributed by atoms with E-state index in [4.69, 9.17) is 32.7 Å². The number of ether oxygens (including phenoxy) is 2. The van der Waals surface area contributed by atoms with Gasteiger partial charge in [-0.15, -0.1) is 11.8 Å². The van der Waals surface area contributed by atoms with E-state index in [9.17, 15) is 0 Å². The summed E-state index contributed by atoms with van der Waals surface area (Å²) in [7, 11) is 0. The second kappa shape index (κ2) is 10.2. The smallest absolute Gasteiger partial charge is 0.184 e. The molecule has 1 fully saturated rings. The standard InChI is InChI=1S/C22H26Cl2N2O2S/c23-17-5-3-6-18(24)22(17)29-16-2-1-9-25-10-12-26(13-11-25)19-7-4-8-20-21(19)28-15-14-27-20/h3-8H,1-2,9-16H2. The molecule has 0 saturated carbocycles. The summed E-state index contributed by atoms with van der Waals surface area (Å²) in [5, 5.41) is 1.49. The Morgan fingerprint density at radius 3 is 2.38 bits per heavy atom. The Balaban J connectivity index is 1.19. The van der Waals surface area contributed by atoms with Gasteiger partial charge in [-0.1, -0.05) is 35.3 Å². The Bertz CT molecular complexity index is 808. The lowest BCUT2D eigenvalue weighted by atomic mass is 10.2. The monoisotopic (exact) mass is 452 g/mol. The quantitative estimate of drug-likeness (QED) is 0.410. The van der Waals surface area contributed by atoms with Gasteiger partial charge in [0.1, 0.15) is 13.2 Å². The molecule has 29 heavy (non-hydrogen) atoms. The first-order valence-electron chi connectivity index (χ1n) is 10.1. The summed E-state index contributed by atoms with van der Waals surface area (Å²) in [5.74, 6) is 2.81. The lowest BCUT2D eigenvalue weighted by Crippen LogP contribution is -2.46. The number of fused-ring (bicyclic) bond motifs is 1. The van der Waals surface area contributed by atoms with Gasteiger partial charge in [-0.2, -0.15) is 0 Å². The number of nitrogens with zero attached hydrogens (tertiary/aromatic N) is 2. The predicted octanol–water partition coefficient (Wildman–Crippen LogP) is 5.46. The average Bonchev–Trinajstić information content (AvgIpc) is 2.75. The molecule has 0 N–H and O–H groups in total. The topological polar surface area (TPSA) is 24.9 Å². The lowest BCUT2D eigenvalue weighted by molar-refractivity contribution is 0.171. The number of hydrogen-bond donors (Lipinski definition) is 0. The van der Waals surface area contributed by atoms with Crippen molar-refractivity contribution in [3.63, 3.8) is 0 Å². The van der Waals surface area contributed by atoms with Gasteiger partial charge >= 0.3 is 0 Å². The molecule has 2 aromatic rings. The van der Waals surface area contributed by atoms with Crippen molar-refractivity contribution in [1.82, 2.24) is 4.90 Å². The highest BCUT2D eigenvalue weighted by Gasteiger charge is 2.23. The van der Waals surface area contributed by atoms with Crippen molar-refractivity contribution in [3.05, 3.63) is 46.4 Å². The van der Waals surface area contributed by atoms with Gasteiger partial charge in [0.25, 0.3) is 0 Å². The van der Waals surface area contributed by atoms with Gasteiger partial charge in [-0.3, -0.25) is 4.90 Å². The molecule has 0 bridgehead atoms. The molecule has 2 aromatic carbocycles. The summed E-state index contributed by atoms with van der Waals surface area (Å²) in [6.07, 6.45) is 2.34. The highest BCUT2D eigenvalue weighted by Crippen LogP contribution is 2.39. The highest BCUT2D eigenvalue weighted by atomic mass is 35.5. The van der Waals surface area contributed by atoms with Crippen LogP contribution in [-0.4, -0.2) is 56.6 Å². The molecule has 2 aliphatic heterocycles. The van der Waals surface area contributed by atoms with Crippen LogP contribution in [0.15, 0.2) is 41.3 Å². The molecule has 0 atom stereocenters. The molecule has 0 aromatic heterocycles. The van der Waals surface area contributed by atoms with Crippen LogP contribution in [0.3, 0.4) is 0 Å². The van der Waals surface area contributed by atoms with E-state index in [-0.39, 0.29) is 0 Å². The first-order valence-corrected chi connectivity index (χ1v) is 11.9. The van der Waals surface area contributed by atoms with Gasteiger partial charge < -0.3 is 14.4 Å². The molecule has 4 nitrogen and oxygen atoms in total. The van der Waals surface area contributed by atoms with Crippen molar-refractivity contribution < 1.29 is 9.47 Å². The van der Waals surface area contributed by atoms with Crippen molar-refractivity contribution in [2.45, 2.75) is 17.7 Å². The minimum absolute atomic E-state index is 0.626. The Kier molecular flexibility index (Phi) is 7.35. The molecule has 7 heteroatoms. The molecule has 2 heterocycles. The summed E-state index contributed by atoms with van der Waals surface area (Å²) < 4.78 is 11.6. The number of hydrogen-bond acceptors (Lipinski definition) is 5. The maximum atomic E-state index is 6.24. The van der Waals surface area contributed by atoms with E-state index in [0.29, 0.717) is 13.2 Å². The normalized spacial score (nSPS) is 16.8. The summed E-state index contributed by atoms with van der Waals surface area (Å²) in [6.45, 7) is 6.58. The molecule has 1 saturated heterocycles. The second-order valence-corrected chi connectivity index (χ2v) is 9.16. The van der Waals surface area contributed by atoms with Gasteiger partial charge in [0.15, 0.2) is 11.5 Å². The number of benzene rings is 2. The fourth-order valence-corrected chi connectivity index (χ4v) is 5.44. The summed E-state index contributed by atoms with van der Waals surface area (Å²) in [4.78, 5) is 5.97. The second-order valence-electron chi connectivity index (χ2n) is 7.24. The molecular weight excluding hydrogens is 427 g/mol. The van der Waals surface area contributed by atoms with Crippen LogP contribution in [0.1, 0.15) is 12.8 Å². The number of thioether (sulfide) groups is 1. The Labute approximate surface area is 187 Å². The van der Waals surface area contributed by atoms with E-state index in [1.165, 1.54) is 6.42 Å². The molecule has 156 valence electrons. The van der Waals surface area contributed by atoms with Gasteiger partial charge in [-0.25, -0.2) is 0 Å². The van der Waals surface area contributed by atoms with E-state index < -0.39 is 0 Å². The zero-order chi connectivity index (χ0) is 20.1. The number of para-hydroxylation sites is 1. The van der Waals surface area contributed by atoms with Crippen LogP contribution in [0.25, 0.3) is 0 Å². The number of piperazine rings is 1. The third-order valence-electron chi connectivity index (χ3n) is 5.29. The van der Waals surface area contributed by atoms with Crippen molar-refractivity contribution in [1.29, 1.82) is 0 Å². The fourth-order valence-electron chi connectivity index (χ4n) is 3.75. The van der Waals surface area contributed by atoms with Crippen molar-refractivity contribution in [2.75, 3.05) is 56.6 Å². The largest absolute Gasteiger partial charge is 0.486 e. The van der Waals surface area contributed by atoms with E-state index >= 15 is 0 Å². The zero-order valence-corrected chi connectivity index (χ0v) is 18.7. The number of unbranched alkanes of at least 4 members (excludes halogenated alkanes) is 1. The first kappa shape index (κ1) is 21.0. The summed E-state index contributed by atoms with van der Waals surface area (Å²) in [6, 6.07) is 11.9. The van der Waals surface area contributed by atoms with Gasteiger partial charge in [0.2, 0.25) is 0 Å². The van der Waals surface area contributed by atoms with Crippen molar-refractivity contribution in [2.24, 2.45) is 0 Å². The van der Waals surface area contributed by atoms with Crippen molar-refractivity contribution >= 4 is 40.7 Å².